The molecule has 2 heterocycles. The van der Waals surface area contributed by atoms with Gasteiger partial charge < -0.3 is 14.2 Å². The minimum atomic E-state index is -0.276. The van der Waals surface area contributed by atoms with Crippen LogP contribution in [-0.4, -0.2) is 51.0 Å². The average Bonchev–Trinajstić information content (AvgIpc) is 2.92. The average molecular weight is 531 g/mol. The van der Waals surface area contributed by atoms with Crippen molar-refractivity contribution in [1.29, 1.82) is 0 Å². The first-order valence-electron chi connectivity index (χ1n) is 8.22. The van der Waals surface area contributed by atoms with Gasteiger partial charge in [0.2, 0.25) is 0 Å². The zero-order valence-electron chi connectivity index (χ0n) is 13.8. The van der Waals surface area contributed by atoms with Crippen molar-refractivity contribution in [2.75, 3.05) is 0 Å². The maximum Gasteiger partial charge on any atom is 0.302 e. The zero-order chi connectivity index (χ0) is 17.9. The van der Waals surface area contributed by atoms with Crippen molar-refractivity contribution in [1.82, 2.24) is 0 Å². The van der Waals surface area contributed by atoms with Crippen molar-refractivity contribution in [2.45, 2.75) is 84.5 Å². The standard InChI is InChI=1S/C17H23Br3O4/c1-4-10(18)13-6-12(20)15(22-9(3)21)8-17-16(23-13)7-14(24-17)11(19)5-2/h2,10-17H,4,6-8H2,1,3H3/t10?,11-,12+,13?,14-,15-,16-,17-/m1/s1. The number of hydrogen-bond donors (Lipinski definition) is 0. The smallest absolute Gasteiger partial charge is 0.302 e. The maximum atomic E-state index is 11.5. The summed E-state index contributed by atoms with van der Waals surface area (Å²) in [4.78, 5) is 11.6. The molecule has 2 fully saturated rings. The third-order valence-corrected chi connectivity index (χ3v) is 7.55. The Labute approximate surface area is 169 Å². The summed E-state index contributed by atoms with van der Waals surface area (Å²) >= 11 is 10.9. The number of carbonyl (C=O) groups is 1. The lowest BCUT2D eigenvalue weighted by Crippen LogP contribution is -2.44. The van der Waals surface area contributed by atoms with E-state index in [0.29, 0.717) is 6.42 Å². The predicted molar refractivity (Wildman–Crippen MR) is 104 cm³/mol. The molecule has 0 saturated carbocycles. The summed E-state index contributed by atoms with van der Waals surface area (Å²) in [5, 5.41) is 0. The highest BCUT2D eigenvalue weighted by Crippen LogP contribution is 2.38. The van der Waals surface area contributed by atoms with Crippen LogP contribution in [0.5, 0.6) is 0 Å². The number of terminal acetylenes is 1. The van der Waals surface area contributed by atoms with E-state index >= 15 is 0 Å². The normalized spacial score (nSPS) is 39.0. The van der Waals surface area contributed by atoms with E-state index in [1.54, 1.807) is 0 Å². The molecule has 0 aromatic heterocycles. The molecule has 2 aliphatic heterocycles. The minimum Gasteiger partial charge on any atom is -0.461 e. The van der Waals surface area contributed by atoms with Gasteiger partial charge in [-0.2, -0.15) is 0 Å². The highest BCUT2D eigenvalue weighted by molar-refractivity contribution is 9.10. The number of ether oxygens (including phenoxy) is 3. The molecule has 0 spiro atoms. The topological polar surface area (TPSA) is 44.8 Å². The van der Waals surface area contributed by atoms with Gasteiger partial charge in [-0.1, -0.05) is 60.6 Å². The summed E-state index contributed by atoms with van der Waals surface area (Å²) in [6.45, 7) is 3.56. The molecule has 4 nitrogen and oxygen atoms in total. The summed E-state index contributed by atoms with van der Waals surface area (Å²) in [6.07, 6.45) is 8.09. The van der Waals surface area contributed by atoms with Gasteiger partial charge in [-0.05, 0) is 12.8 Å². The molecular formula is C17H23Br3O4. The van der Waals surface area contributed by atoms with Gasteiger partial charge in [0.05, 0.1) is 29.2 Å². The molecule has 24 heavy (non-hydrogen) atoms. The van der Waals surface area contributed by atoms with Crippen LogP contribution in [0.1, 0.15) is 39.5 Å². The number of alkyl halides is 3. The third-order valence-electron chi connectivity index (χ3n) is 4.50. The SMILES string of the molecule is C#C[C@@H](Br)[C@H]1C[C@H]2OC(C(Br)CC)C[C@H](Br)[C@H](OC(C)=O)C[C@H]2O1. The van der Waals surface area contributed by atoms with Crippen LogP contribution in [0.25, 0.3) is 0 Å². The van der Waals surface area contributed by atoms with Crippen molar-refractivity contribution in [3.8, 4) is 12.3 Å². The van der Waals surface area contributed by atoms with E-state index in [9.17, 15) is 4.79 Å². The first-order valence-corrected chi connectivity index (χ1v) is 11.0. The van der Waals surface area contributed by atoms with Crippen molar-refractivity contribution in [2.24, 2.45) is 0 Å². The lowest BCUT2D eigenvalue weighted by atomic mass is 9.96. The van der Waals surface area contributed by atoms with Crippen LogP contribution < -0.4 is 0 Å². The molecule has 7 heteroatoms. The molecule has 0 amide bonds. The summed E-state index contributed by atoms with van der Waals surface area (Å²) in [5.74, 6) is 2.40. The summed E-state index contributed by atoms with van der Waals surface area (Å²) < 4.78 is 18.1. The zero-order valence-corrected chi connectivity index (χ0v) is 18.5. The van der Waals surface area contributed by atoms with Gasteiger partial charge in [0.15, 0.2) is 0 Å². The molecule has 0 aromatic rings. The van der Waals surface area contributed by atoms with Gasteiger partial charge in [0.1, 0.15) is 10.9 Å². The Hall–Kier alpha value is 0.390. The van der Waals surface area contributed by atoms with E-state index in [1.807, 2.05) is 0 Å². The monoisotopic (exact) mass is 528 g/mol. The summed E-state index contributed by atoms with van der Waals surface area (Å²) in [7, 11) is 0. The lowest BCUT2D eigenvalue weighted by molar-refractivity contribution is -0.152. The van der Waals surface area contributed by atoms with Crippen LogP contribution in [0.3, 0.4) is 0 Å². The molecule has 2 saturated heterocycles. The molecule has 0 radical (unpaired) electrons. The molecule has 0 bridgehead atoms. The predicted octanol–water partition coefficient (Wildman–Crippen LogP) is 3.96. The van der Waals surface area contributed by atoms with E-state index in [4.69, 9.17) is 20.6 Å². The van der Waals surface area contributed by atoms with E-state index in [2.05, 4.69) is 60.6 Å². The van der Waals surface area contributed by atoms with Crippen LogP contribution >= 0.6 is 47.8 Å². The Bertz CT molecular complexity index is 481. The van der Waals surface area contributed by atoms with Gasteiger partial charge in [0.25, 0.3) is 0 Å². The van der Waals surface area contributed by atoms with Gasteiger partial charge in [0, 0.05) is 24.6 Å². The Balaban J connectivity index is 2.19. The largest absolute Gasteiger partial charge is 0.461 e. The molecule has 2 aliphatic rings. The van der Waals surface area contributed by atoms with Gasteiger partial charge in [-0.15, -0.1) is 6.42 Å². The molecule has 2 rings (SSSR count). The molecule has 2 unspecified atom stereocenters. The fraction of sp³-hybridized carbons (Fsp3) is 0.824. The summed E-state index contributed by atoms with van der Waals surface area (Å²) in [6, 6.07) is 0. The van der Waals surface area contributed by atoms with E-state index in [-0.39, 0.29) is 51.0 Å². The number of halogens is 3. The van der Waals surface area contributed by atoms with Crippen LogP contribution in [0.2, 0.25) is 0 Å². The summed E-state index contributed by atoms with van der Waals surface area (Å²) in [5.41, 5.74) is 0. The van der Waals surface area contributed by atoms with Crippen LogP contribution in [0.4, 0.5) is 0 Å². The van der Waals surface area contributed by atoms with Gasteiger partial charge in [-0.3, -0.25) is 4.79 Å². The minimum absolute atomic E-state index is 0.0206. The first-order chi connectivity index (χ1) is 11.3. The molecular weight excluding hydrogens is 508 g/mol. The number of hydrogen-bond acceptors (Lipinski definition) is 4. The third kappa shape index (κ3) is 5.20. The fourth-order valence-corrected chi connectivity index (χ4v) is 4.63. The molecule has 8 atom stereocenters. The van der Waals surface area contributed by atoms with Crippen molar-refractivity contribution < 1.29 is 19.0 Å². The number of fused-ring (bicyclic) bond motifs is 1. The number of rotatable bonds is 4. The van der Waals surface area contributed by atoms with Gasteiger partial charge in [-0.25, -0.2) is 0 Å². The lowest BCUT2D eigenvalue weighted by Gasteiger charge is -2.36. The second-order valence-electron chi connectivity index (χ2n) is 6.29. The second kappa shape index (κ2) is 9.36. The maximum absolute atomic E-state index is 11.5. The van der Waals surface area contributed by atoms with E-state index in [1.165, 1.54) is 6.92 Å². The molecule has 136 valence electrons. The van der Waals surface area contributed by atoms with Gasteiger partial charge >= 0.3 is 5.97 Å². The molecule has 0 aromatic carbocycles. The Morgan fingerprint density at radius 3 is 2.46 bits per heavy atom. The Morgan fingerprint density at radius 1 is 1.25 bits per heavy atom. The van der Waals surface area contributed by atoms with Crippen molar-refractivity contribution in [3.63, 3.8) is 0 Å². The molecule has 0 aliphatic carbocycles. The Kier molecular flexibility index (Phi) is 8.07. The van der Waals surface area contributed by atoms with Crippen molar-refractivity contribution in [3.05, 3.63) is 0 Å². The number of esters is 1. The highest BCUT2D eigenvalue weighted by Gasteiger charge is 2.45. The first kappa shape index (κ1) is 20.7. The second-order valence-corrected chi connectivity index (χ2v) is 9.63. The van der Waals surface area contributed by atoms with E-state index in [0.717, 1.165) is 19.3 Å². The van der Waals surface area contributed by atoms with Crippen molar-refractivity contribution >= 4 is 53.8 Å². The van der Waals surface area contributed by atoms with E-state index < -0.39 is 0 Å². The quantitative estimate of drug-likeness (QED) is 0.314. The van der Waals surface area contributed by atoms with Crippen LogP contribution in [-0.2, 0) is 19.0 Å². The number of carbonyl (C=O) groups excluding carboxylic acids is 1. The highest BCUT2D eigenvalue weighted by atomic mass is 79.9. The molecule has 0 N–H and O–H groups in total. The van der Waals surface area contributed by atoms with Crippen LogP contribution in [0.15, 0.2) is 0 Å². The van der Waals surface area contributed by atoms with Crippen LogP contribution in [0, 0.1) is 12.3 Å². The Morgan fingerprint density at radius 2 is 1.88 bits per heavy atom. The fourth-order valence-electron chi connectivity index (χ4n) is 3.26.